The van der Waals surface area contributed by atoms with Gasteiger partial charge in [-0.15, -0.1) is 0 Å². The SMILES string of the molecule is N=C(N)N1CCNCC1Cc1cccnc1. The first kappa shape index (κ1) is 10.9. The lowest BCUT2D eigenvalue weighted by molar-refractivity contribution is 0.252. The molecule has 4 N–H and O–H groups in total. The molecule has 1 aliphatic heterocycles. The fourth-order valence-corrected chi connectivity index (χ4v) is 2.05. The van der Waals surface area contributed by atoms with Crippen molar-refractivity contribution in [1.29, 1.82) is 5.41 Å². The zero-order valence-electron chi connectivity index (χ0n) is 9.19. The number of pyridine rings is 1. The van der Waals surface area contributed by atoms with Crippen molar-refractivity contribution >= 4 is 5.96 Å². The summed E-state index contributed by atoms with van der Waals surface area (Å²) in [5.41, 5.74) is 6.76. The Morgan fingerprint density at radius 1 is 1.69 bits per heavy atom. The Kier molecular flexibility index (Phi) is 3.36. The highest BCUT2D eigenvalue weighted by molar-refractivity contribution is 5.75. The van der Waals surface area contributed by atoms with Crippen LogP contribution in [0.4, 0.5) is 0 Å². The molecule has 1 unspecified atom stereocenters. The van der Waals surface area contributed by atoms with Gasteiger partial charge in [-0.3, -0.25) is 10.4 Å². The molecular weight excluding hydrogens is 202 g/mol. The van der Waals surface area contributed by atoms with Gasteiger partial charge < -0.3 is 16.0 Å². The van der Waals surface area contributed by atoms with Crippen LogP contribution in [0.25, 0.3) is 0 Å². The lowest BCUT2D eigenvalue weighted by Gasteiger charge is -2.36. The maximum atomic E-state index is 7.55. The number of hydrogen-bond donors (Lipinski definition) is 3. The second kappa shape index (κ2) is 4.94. The van der Waals surface area contributed by atoms with Crippen molar-refractivity contribution in [2.24, 2.45) is 5.73 Å². The minimum Gasteiger partial charge on any atom is -0.370 e. The van der Waals surface area contributed by atoms with E-state index in [1.165, 1.54) is 5.56 Å². The molecule has 0 spiro atoms. The van der Waals surface area contributed by atoms with Gasteiger partial charge in [0.05, 0.1) is 0 Å². The molecule has 5 heteroatoms. The van der Waals surface area contributed by atoms with Crippen molar-refractivity contribution in [2.75, 3.05) is 19.6 Å². The molecule has 1 aromatic rings. The standard InChI is InChI=1S/C11H17N5/c12-11(13)16-5-4-15-8-10(16)6-9-2-1-3-14-7-9/h1-3,7,10,15H,4-6,8H2,(H3,12,13). The van der Waals surface area contributed by atoms with Crippen LogP contribution in [-0.2, 0) is 6.42 Å². The van der Waals surface area contributed by atoms with Crippen LogP contribution in [0.1, 0.15) is 5.56 Å². The van der Waals surface area contributed by atoms with Crippen LogP contribution in [0.15, 0.2) is 24.5 Å². The van der Waals surface area contributed by atoms with Crippen LogP contribution < -0.4 is 11.1 Å². The Hall–Kier alpha value is -1.62. The van der Waals surface area contributed by atoms with Gasteiger partial charge in [-0.1, -0.05) is 6.07 Å². The summed E-state index contributed by atoms with van der Waals surface area (Å²) in [6, 6.07) is 4.25. The maximum Gasteiger partial charge on any atom is 0.188 e. The quantitative estimate of drug-likeness (QED) is 0.475. The van der Waals surface area contributed by atoms with Crippen molar-refractivity contribution in [2.45, 2.75) is 12.5 Å². The second-order valence-electron chi connectivity index (χ2n) is 4.00. The molecule has 0 aliphatic carbocycles. The number of nitrogens with one attached hydrogen (secondary N) is 2. The van der Waals surface area contributed by atoms with Gasteiger partial charge in [-0.25, -0.2) is 0 Å². The lowest BCUT2D eigenvalue weighted by atomic mass is 10.0. The van der Waals surface area contributed by atoms with E-state index in [2.05, 4.69) is 16.4 Å². The van der Waals surface area contributed by atoms with E-state index in [4.69, 9.17) is 11.1 Å². The first-order valence-corrected chi connectivity index (χ1v) is 5.47. The smallest absolute Gasteiger partial charge is 0.188 e. The molecule has 0 aromatic carbocycles. The summed E-state index contributed by atoms with van der Waals surface area (Å²) in [6.07, 6.45) is 4.51. The number of rotatable bonds is 2. The number of aromatic nitrogens is 1. The highest BCUT2D eigenvalue weighted by Gasteiger charge is 2.23. The number of piperazine rings is 1. The van der Waals surface area contributed by atoms with E-state index in [0.717, 1.165) is 26.1 Å². The molecule has 86 valence electrons. The summed E-state index contributed by atoms with van der Waals surface area (Å²) in [6.45, 7) is 2.57. The van der Waals surface area contributed by atoms with E-state index in [1.807, 2.05) is 17.2 Å². The van der Waals surface area contributed by atoms with Crippen LogP contribution in [-0.4, -0.2) is 41.5 Å². The van der Waals surface area contributed by atoms with Gasteiger partial charge in [0, 0.05) is 38.1 Å². The second-order valence-corrected chi connectivity index (χ2v) is 4.00. The van der Waals surface area contributed by atoms with Gasteiger partial charge in [-0.2, -0.15) is 0 Å². The Morgan fingerprint density at radius 2 is 2.56 bits per heavy atom. The third-order valence-electron chi connectivity index (χ3n) is 2.85. The van der Waals surface area contributed by atoms with Crippen molar-refractivity contribution in [3.8, 4) is 0 Å². The molecule has 1 atom stereocenters. The van der Waals surface area contributed by atoms with Crippen LogP contribution in [0.3, 0.4) is 0 Å². The molecule has 1 saturated heterocycles. The lowest BCUT2D eigenvalue weighted by Crippen LogP contribution is -2.56. The molecule has 0 amide bonds. The van der Waals surface area contributed by atoms with E-state index in [-0.39, 0.29) is 12.0 Å². The van der Waals surface area contributed by atoms with Crippen molar-refractivity contribution in [3.05, 3.63) is 30.1 Å². The van der Waals surface area contributed by atoms with Crippen LogP contribution in [0.2, 0.25) is 0 Å². The zero-order valence-corrected chi connectivity index (χ0v) is 9.19. The average Bonchev–Trinajstić information content (AvgIpc) is 2.31. The average molecular weight is 219 g/mol. The largest absolute Gasteiger partial charge is 0.370 e. The predicted octanol–water partition coefficient (Wildman–Crippen LogP) is -0.209. The van der Waals surface area contributed by atoms with E-state index in [0.29, 0.717) is 0 Å². The highest BCUT2D eigenvalue weighted by Crippen LogP contribution is 2.09. The molecule has 1 aliphatic rings. The topological polar surface area (TPSA) is 78.0 Å². The third-order valence-corrected chi connectivity index (χ3v) is 2.85. The number of guanidine groups is 1. The summed E-state index contributed by atoms with van der Waals surface area (Å²) in [4.78, 5) is 6.04. The van der Waals surface area contributed by atoms with Gasteiger partial charge in [0.25, 0.3) is 0 Å². The number of nitrogens with zero attached hydrogens (tertiary/aromatic N) is 2. The molecule has 0 radical (unpaired) electrons. The van der Waals surface area contributed by atoms with Gasteiger partial charge in [-0.05, 0) is 18.1 Å². The number of hydrogen-bond acceptors (Lipinski definition) is 3. The van der Waals surface area contributed by atoms with Gasteiger partial charge in [0.2, 0.25) is 0 Å². The van der Waals surface area contributed by atoms with E-state index in [1.54, 1.807) is 6.20 Å². The fourth-order valence-electron chi connectivity index (χ4n) is 2.05. The summed E-state index contributed by atoms with van der Waals surface area (Å²) >= 11 is 0. The summed E-state index contributed by atoms with van der Waals surface area (Å²) < 4.78 is 0. The van der Waals surface area contributed by atoms with Crippen molar-refractivity contribution in [1.82, 2.24) is 15.2 Å². The van der Waals surface area contributed by atoms with Crippen LogP contribution in [0, 0.1) is 5.41 Å². The highest BCUT2D eigenvalue weighted by atomic mass is 15.3. The fraction of sp³-hybridized carbons (Fsp3) is 0.455. The Balaban J connectivity index is 2.04. The monoisotopic (exact) mass is 219 g/mol. The summed E-state index contributed by atoms with van der Waals surface area (Å²) in [5, 5.41) is 10.9. The molecular formula is C11H17N5. The summed E-state index contributed by atoms with van der Waals surface area (Å²) in [7, 11) is 0. The van der Waals surface area contributed by atoms with Gasteiger partial charge >= 0.3 is 0 Å². The molecule has 16 heavy (non-hydrogen) atoms. The molecule has 2 heterocycles. The van der Waals surface area contributed by atoms with Crippen molar-refractivity contribution < 1.29 is 0 Å². The van der Waals surface area contributed by atoms with Gasteiger partial charge in [0.1, 0.15) is 0 Å². The number of nitrogens with two attached hydrogens (primary N) is 1. The molecule has 5 nitrogen and oxygen atoms in total. The van der Waals surface area contributed by atoms with Crippen molar-refractivity contribution in [3.63, 3.8) is 0 Å². The van der Waals surface area contributed by atoms with E-state index < -0.39 is 0 Å². The minimum absolute atomic E-state index is 0.162. The Labute approximate surface area is 95.2 Å². The first-order chi connectivity index (χ1) is 7.77. The predicted molar refractivity (Wildman–Crippen MR) is 63.2 cm³/mol. The van der Waals surface area contributed by atoms with Crippen LogP contribution >= 0.6 is 0 Å². The van der Waals surface area contributed by atoms with Gasteiger partial charge in [0.15, 0.2) is 5.96 Å². The minimum atomic E-state index is 0.162. The molecule has 0 saturated carbocycles. The van der Waals surface area contributed by atoms with E-state index in [9.17, 15) is 0 Å². The molecule has 1 aromatic heterocycles. The first-order valence-electron chi connectivity index (χ1n) is 5.47. The Morgan fingerprint density at radius 3 is 3.25 bits per heavy atom. The third kappa shape index (κ3) is 2.49. The summed E-state index contributed by atoms with van der Waals surface area (Å²) in [5.74, 6) is 0.162. The normalized spacial score (nSPS) is 20.8. The zero-order chi connectivity index (χ0) is 11.4. The van der Waals surface area contributed by atoms with E-state index >= 15 is 0 Å². The Bertz CT molecular complexity index is 351. The molecule has 1 fully saturated rings. The van der Waals surface area contributed by atoms with Crippen LogP contribution in [0.5, 0.6) is 0 Å². The maximum absolute atomic E-state index is 7.55. The molecule has 0 bridgehead atoms. The molecule has 2 rings (SSSR count).